The maximum Gasteiger partial charge on any atom is 0.427 e. The Balaban J connectivity index is 1.42. The summed E-state index contributed by atoms with van der Waals surface area (Å²) >= 11 is 0. The highest BCUT2D eigenvalue weighted by Crippen LogP contribution is 2.36. The molecule has 3 aromatic rings. The normalized spacial score (nSPS) is 24.3. The summed E-state index contributed by atoms with van der Waals surface area (Å²) in [5, 5.41) is 10.8. The van der Waals surface area contributed by atoms with Crippen LogP contribution in [0.2, 0.25) is 0 Å². The van der Waals surface area contributed by atoms with Crippen molar-refractivity contribution in [2.24, 2.45) is 24.8 Å². The smallest absolute Gasteiger partial charge is 0.365 e. The number of nitrogens with one attached hydrogen (secondary N) is 3. The van der Waals surface area contributed by atoms with E-state index in [-0.39, 0.29) is 6.04 Å². The first-order chi connectivity index (χ1) is 18.8. The number of amides is 1. The van der Waals surface area contributed by atoms with E-state index in [4.69, 9.17) is 19.8 Å². The number of aromatic nitrogens is 6. The van der Waals surface area contributed by atoms with Crippen molar-refractivity contribution in [2.45, 2.75) is 84.1 Å². The molecule has 1 saturated heterocycles. The lowest BCUT2D eigenvalue weighted by Crippen LogP contribution is -2.32. The van der Waals surface area contributed by atoms with Crippen LogP contribution in [-0.2, 0) is 25.0 Å². The van der Waals surface area contributed by atoms with Gasteiger partial charge in [0, 0.05) is 45.0 Å². The van der Waals surface area contributed by atoms with Crippen molar-refractivity contribution >= 4 is 29.0 Å². The molecule has 0 aromatic carbocycles. The molecule has 4 heterocycles. The molecule has 12 heteroatoms. The number of hydrogen-bond donors (Lipinski definition) is 3. The third-order valence-electron chi connectivity index (χ3n) is 8.71. The van der Waals surface area contributed by atoms with E-state index in [1.54, 1.807) is 0 Å². The summed E-state index contributed by atoms with van der Waals surface area (Å²) in [6.07, 6.45) is 11.4. The van der Waals surface area contributed by atoms with E-state index >= 15 is 0 Å². The molecule has 3 N–H and O–H groups in total. The minimum Gasteiger partial charge on any atom is -0.365 e. The second-order valence-corrected chi connectivity index (χ2v) is 11.8. The van der Waals surface area contributed by atoms with Crippen LogP contribution >= 0.6 is 0 Å². The van der Waals surface area contributed by atoms with Gasteiger partial charge >= 0.3 is 6.09 Å². The van der Waals surface area contributed by atoms with Gasteiger partial charge in [-0.05, 0) is 50.4 Å². The largest absolute Gasteiger partial charge is 0.427 e. The molecule has 39 heavy (non-hydrogen) atoms. The Hall–Kier alpha value is -3.41. The maximum absolute atomic E-state index is 11.8. The lowest BCUT2D eigenvalue weighted by Gasteiger charge is -2.32. The zero-order valence-corrected chi connectivity index (χ0v) is 23.4. The van der Waals surface area contributed by atoms with Gasteiger partial charge in [0.15, 0.2) is 23.5 Å². The van der Waals surface area contributed by atoms with E-state index < -0.39 is 12.3 Å². The van der Waals surface area contributed by atoms with Crippen molar-refractivity contribution in [1.29, 1.82) is 0 Å². The first-order valence-corrected chi connectivity index (χ1v) is 14.3. The molecule has 0 spiro atoms. The lowest BCUT2D eigenvalue weighted by atomic mass is 9.80. The van der Waals surface area contributed by atoms with Crippen LogP contribution in [0.5, 0.6) is 0 Å². The quantitative estimate of drug-likeness (QED) is 0.373. The summed E-state index contributed by atoms with van der Waals surface area (Å²) in [7, 11) is 4.00. The predicted octanol–water partition coefficient (Wildman–Crippen LogP) is 3.87. The summed E-state index contributed by atoms with van der Waals surface area (Å²) in [6, 6.07) is 0.266. The Labute approximate surface area is 228 Å². The SMILES string of the molecule is CC1CCC(Cn2c(N(C)Cc3cnn(C)c3)nc3nc(C4NOC(=O)N4)nc(N[C@H](C)C4CCC4)c32)CC1. The molecule has 6 rings (SSSR count). The number of nitrogens with zero attached hydrogens (tertiary/aromatic N) is 7. The highest BCUT2D eigenvalue weighted by Gasteiger charge is 2.32. The van der Waals surface area contributed by atoms with Crippen molar-refractivity contribution in [3.05, 3.63) is 23.8 Å². The molecule has 3 aromatic heterocycles. The standard InChI is InChI=1S/C27H40N10O2/c1-16-8-10-18(11-9-16)15-37-21-22(29-17(2)20-6-5-7-20)30-24(25-33-27(38)39-34-25)31-23(21)32-26(37)35(3)13-19-12-28-36(4)14-19/h12,14,16-18,20,25,34H,5-11,13,15H2,1-4H3,(H,33,38)(H,29,30,31)/t16?,17-,18?,25?/m1/s1. The molecular weight excluding hydrogens is 496 g/mol. The number of fused-ring (bicyclic) bond motifs is 1. The van der Waals surface area contributed by atoms with Crippen LogP contribution in [0.15, 0.2) is 12.4 Å². The molecular formula is C27H40N10O2. The van der Waals surface area contributed by atoms with Gasteiger partial charge in [-0.1, -0.05) is 26.2 Å². The number of aryl methyl sites for hydroxylation is 1. The minimum absolute atomic E-state index is 0.266. The van der Waals surface area contributed by atoms with Crippen molar-refractivity contribution in [1.82, 2.24) is 40.1 Å². The number of imidazole rings is 1. The molecule has 12 nitrogen and oxygen atoms in total. The van der Waals surface area contributed by atoms with Gasteiger partial charge in [-0.15, -0.1) is 5.48 Å². The highest BCUT2D eigenvalue weighted by molar-refractivity contribution is 5.86. The number of rotatable bonds is 9. The van der Waals surface area contributed by atoms with E-state index in [1.807, 2.05) is 24.1 Å². The summed E-state index contributed by atoms with van der Waals surface area (Å²) in [4.78, 5) is 33.7. The molecule has 0 radical (unpaired) electrons. The first-order valence-electron chi connectivity index (χ1n) is 14.3. The van der Waals surface area contributed by atoms with Gasteiger partial charge in [0.05, 0.1) is 6.20 Å². The molecule has 3 aliphatic rings. The Kier molecular flexibility index (Phi) is 7.05. The Morgan fingerprint density at radius 3 is 2.62 bits per heavy atom. The van der Waals surface area contributed by atoms with Crippen molar-refractivity contribution in [3.63, 3.8) is 0 Å². The predicted molar refractivity (Wildman–Crippen MR) is 148 cm³/mol. The van der Waals surface area contributed by atoms with Crippen molar-refractivity contribution in [2.75, 3.05) is 17.3 Å². The van der Waals surface area contributed by atoms with E-state index in [1.165, 1.54) is 44.9 Å². The maximum atomic E-state index is 11.8. The second kappa shape index (κ2) is 10.6. The summed E-state index contributed by atoms with van der Waals surface area (Å²) in [5.41, 5.74) is 5.34. The van der Waals surface area contributed by atoms with Crippen LogP contribution < -0.4 is 21.0 Å². The number of hydroxylamine groups is 1. The van der Waals surface area contributed by atoms with Crippen LogP contribution in [-0.4, -0.2) is 48.5 Å². The van der Waals surface area contributed by atoms with E-state index in [0.29, 0.717) is 29.9 Å². The molecule has 1 aliphatic heterocycles. The van der Waals surface area contributed by atoms with E-state index in [2.05, 4.69) is 51.6 Å². The van der Waals surface area contributed by atoms with Gasteiger partial charge in [-0.2, -0.15) is 10.1 Å². The second-order valence-electron chi connectivity index (χ2n) is 11.8. The fourth-order valence-corrected chi connectivity index (χ4v) is 6.08. The Morgan fingerprint density at radius 2 is 1.97 bits per heavy atom. The van der Waals surface area contributed by atoms with Gasteiger partial charge < -0.3 is 19.6 Å². The molecule has 0 bridgehead atoms. The van der Waals surface area contributed by atoms with Gasteiger partial charge in [0.2, 0.25) is 5.95 Å². The third-order valence-corrected chi connectivity index (χ3v) is 8.71. The molecule has 2 saturated carbocycles. The monoisotopic (exact) mass is 536 g/mol. The first kappa shape index (κ1) is 25.8. The average Bonchev–Trinajstić information content (AvgIpc) is 3.58. The molecule has 210 valence electrons. The van der Waals surface area contributed by atoms with Crippen molar-refractivity contribution in [3.8, 4) is 0 Å². The van der Waals surface area contributed by atoms with Crippen LogP contribution in [0.4, 0.5) is 16.6 Å². The molecule has 2 atom stereocenters. The summed E-state index contributed by atoms with van der Waals surface area (Å²) in [6.45, 7) is 6.13. The lowest BCUT2D eigenvalue weighted by molar-refractivity contribution is 0.120. The van der Waals surface area contributed by atoms with E-state index in [0.717, 1.165) is 35.3 Å². The van der Waals surface area contributed by atoms with Gasteiger partial charge in [-0.25, -0.2) is 14.8 Å². The number of carbonyl (C=O) groups is 1. The van der Waals surface area contributed by atoms with Gasteiger partial charge in [0.1, 0.15) is 5.52 Å². The number of hydrogen-bond acceptors (Lipinski definition) is 9. The Morgan fingerprint density at radius 1 is 1.18 bits per heavy atom. The molecule has 3 fully saturated rings. The molecule has 2 aliphatic carbocycles. The molecule has 1 unspecified atom stereocenters. The van der Waals surface area contributed by atoms with Gasteiger partial charge in [-0.3, -0.25) is 10.00 Å². The number of anilines is 2. The summed E-state index contributed by atoms with van der Waals surface area (Å²) in [5.74, 6) is 4.03. The van der Waals surface area contributed by atoms with Crippen LogP contribution in [0, 0.1) is 17.8 Å². The topological polar surface area (TPSA) is 127 Å². The number of carbonyl (C=O) groups excluding carboxylic acids is 1. The fourth-order valence-electron chi connectivity index (χ4n) is 6.08. The van der Waals surface area contributed by atoms with Crippen LogP contribution in [0.3, 0.4) is 0 Å². The average molecular weight is 537 g/mol. The van der Waals surface area contributed by atoms with Crippen LogP contribution in [0.1, 0.15) is 76.3 Å². The third kappa shape index (κ3) is 5.39. The van der Waals surface area contributed by atoms with E-state index in [9.17, 15) is 4.79 Å². The van der Waals surface area contributed by atoms with Gasteiger partial charge in [0.25, 0.3) is 0 Å². The highest BCUT2D eigenvalue weighted by atomic mass is 16.7. The van der Waals surface area contributed by atoms with Crippen LogP contribution in [0.25, 0.3) is 11.2 Å². The zero-order chi connectivity index (χ0) is 27.1. The Bertz CT molecular complexity index is 1320. The fraction of sp³-hybridized carbons (Fsp3) is 0.667. The minimum atomic E-state index is -0.636. The van der Waals surface area contributed by atoms with Crippen molar-refractivity contribution < 1.29 is 9.63 Å². The zero-order valence-electron chi connectivity index (χ0n) is 23.4. The molecule has 1 amide bonds. The summed E-state index contributed by atoms with van der Waals surface area (Å²) < 4.78 is 4.14.